The van der Waals surface area contributed by atoms with Gasteiger partial charge in [-0.3, -0.25) is 29.2 Å². The molecule has 0 N–H and O–H groups in total. The van der Waals surface area contributed by atoms with Crippen molar-refractivity contribution in [2.24, 2.45) is 5.41 Å². The zero-order valence-corrected chi connectivity index (χ0v) is 26.0. The van der Waals surface area contributed by atoms with Gasteiger partial charge in [-0.25, -0.2) is 8.78 Å². The van der Waals surface area contributed by atoms with E-state index >= 15 is 9.59 Å². The number of likely N-dealkylation sites (tertiary alicyclic amines) is 3. The molecule has 0 bridgehead atoms. The maximum Gasteiger partial charge on any atom is 0.254 e. The number of carbonyl (C=O) groups is 2. The van der Waals surface area contributed by atoms with E-state index in [0.29, 0.717) is 38.4 Å². The Balaban J connectivity index is 1.45. The lowest BCUT2D eigenvalue weighted by molar-refractivity contribution is -0.148. The molecule has 0 aromatic heterocycles. The van der Waals surface area contributed by atoms with Crippen molar-refractivity contribution in [3.8, 4) is 0 Å². The van der Waals surface area contributed by atoms with E-state index in [0.717, 1.165) is 48.3 Å². The van der Waals surface area contributed by atoms with Crippen LogP contribution in [0.1, 0.15) is 48.8 Å². The molecular formula is C37H40F2N4O2. The average molecular weight is 611 g/mol. The van der Waals surface area contributed by atoms with Gasteiger partial charge < -0.3 is 0 Å². The molecule has 0 unspecified atom stereocenters. The van der Waals surface area contributed by atoms with Crippen LogP contribution < -0.4 is 4.90 Å². The zero-order chi connectivity index (χ0) is 31.3. The second kappa shape index (κ2) is 11.6. The monoisotopic (exact) mass is 610 g/mol. The van der Waals surface area contributed by atoms with Gasteiger partial charge in [0.1, 0.15) is 17.2 Å². The van der Waals surface area contributed by atoms with Gasteiger partial charge in [-0.15, -0.1) is 0 Å². The van der Waals surface area contributed by atoms with E-state index in [1.165, 1.54) is 30.7 Å². The summed E-state index contributed by atoms with van der Waals surface area (Å²) < 4.78 is 28.1. The van der Waals surface area contributed by atoms with Crippen LogP contribution in [0.15, 0.2) is 78.4 Å². The summed E-state index contributed by atoms with van der Waals surface area (Å²) in [7, 11) is 1.96. The number of fused-ring (bicyclic) bond motifs is 3. The minimum absolute atomic E-state index is 0.0711. The van der Waals surface area contributed by atoms with Crippen LogP contribution in [0.4, 0.5) is 14.5 Å². The summed E-state index contributed by atoms with van der Waals surface area (Å²) >= 11 is 0. The number of nitrogens with zero attached hydrogens (tertiary/aromatic N) is 4. The van der Waals surface area contributed by atoms with Crippen molar-refractivity contribution >= 4 is 23.5 Å². The lowest BCUT2D eigenvalue weighted by Gasteiger charge is -2.51. The van der Waals surface area contributed by atoms with Crippen molar-refractivity contribution in [2.45, 2.75) is 37.6 Å². The number of halogens is 2. The third-order valence-corrected chi connectivity index (χ3v) is 10.7. The molecule has 3 fully saturated rings. The third kappa shape index (κ3) is 4.60. The number of para-hydroxylation sites is 1. The van der Waals surface area contributed by atoms with Gasteiger partial charge >= 0.3 is 0 Å². The summed E-state index contributed by atoms with van der Waals surface area (Å²) in [5, 5.41) is 0. The molecule has 45 heavy (non-hydrogen) atoms. The first kappa shape index (κ1) is 30.0. The second-order valence-corrected chi connectivity index (χ2v) is 13.1. The smallest absolute Gasteiger partial charge is 0.254 e. The predicted molar refractivity (Wildman–Crippen MR) is 172 cm³/mol. The molecule has 6 nitrogen and oxygen atoms in total. The molecule has 8 heteroatoms. The standard InChI is InChI=1S/C37H40F2N4O2/c1-3-41-22-28(21-26-11-15-29(38)16-12-26)34(44)36(24-41)32(27-13-17-30(39)18-14-27)23-40(2)37(36)31-9-5-6-10-33(31)43(35(37)45)25-42-19-7-4-8-20-42/h5-6,9-18,21,32H,3-4,7-8,19-20,22-25H2,1-2H3/b28-21+/t32-,36+,37+/m0/s1. The van der Waals surface area contributed by atoms with Crippen LogP contribution in [0.3, 0.4) is 0 Å². The number of rotatable bonds is 5. The van der Waals surface area contributed by atoms with Gasteiger partial charge in [-0.1, -0.05) is 55.8 Å². The van der Waals surface area contributed by atoms with Crippen LogP contribution in [-0.2, 0) is 15.1 Å². The van der Waals surface area contributed by atoms with E-state index in [4.69, 9.17) is 0 Å². The largest absolute Gasteiger partial charge is 0.298 e. The summed E-state index contributed by atoms with van der Waals surface area (Å²) in [5.74, 6) is -1.21. The number of ketones is 1. The Morgan fingerprint density at radius 2 is 1.53 bits per heavy atom. The Morgan fingerprint density at radius 1 is 0.867 bits per heavy atom. The molecule has 0 radical (unpaired) electrons. The SMILES string of the molecule is CCN1C/C(=C\c2ccc(F)cc2)C(=O)[C@@]2(C1)[C@H](c1ccc(F)cc1)CN(C)[C@]21C(=O)N(CN2CCCCC2)c2ccccc21. The Labute approximate surface area is 263 Å². The van der Waals surface area contributed by atoms with Crippen LogP contribution in [-0.4, -0.2) is 79.4 Å². The molecule has 3 aromatic rings. The first-order chi connectivity index (χ1) is 21.8. The number of hydrogen-bond acceptors (Lipinski definition) is 5. The first-order valence-corrected chi connectivity index (χ1v) is 16.1. The highest BCUT2D eigenvalue weighted by Crippen LogP contribution is 2.65. The summed E-state index contributed by atoms with van der Waals surface area (Å²) in [5.41, 5.74) is 1.39. The quantitative estimate of drug-likeness (QED) is 0.350. The van der Waals surface area contributed by atoms with Crippen molar-refractivity contribution in [1.82, 2.24) is 14.7 Å². The van der Waals surface area contributed by atoms with E-state index in [2.05, 4.69) is 21.6 Å². The normalized spacial score (nSPS) is 28.6. The topological polar surface area (TPSA) is 47.1 Å². The number of piperidine rings is 2. The van der Waals surface area contributed by atoms with Gasteiger partial charge in [0.05, 0.1) is 17.8 Å². The minimum atomic E-state index is -1.27. The maximum absolute atomic E-state index is 15.4. The van der Waals surface area contributed by atoms with Crippen molar-refractivity contribution < 1.29 is 18.4 Å². The molecule has 3 atom stereocenters. The van der Waals surface area contributed by atoms with Gasteiger partial charge in [0.25, 0.3) is 5.91 Å². The van der Waals surface area contributed by atoms with Crippen LogP contribution in [0.5, 0.6) is 0 Å². The van der Waals surface area contributed by atoms with E-state index in [9.17, 15) is 8.78 Å². The number of benzene rings is 3. The summed E-state index contributed by atoms with van der Waals surface area (Å²) in [6.07, 6.45) is 5.26. The molecule has 0 aliphatic carbocycles. The lowest BCUT2D eigenvalue weighted by Crippen LogP contribution is -2.66. The fraction of sp³-hybridized carbons (Fsp3) is 0.405. The molecule has 0 saturated carbocycles. The second-order valence-electron chi connectivity index (χ2n) is 13.1. The molecule has 2 spiro atoms. The summed E-state index contributed by atoms with van der Waals surface area (Å²) in [6.45, 7) is 6.37. The molecule has 1 amide bonds. The molecule has 7 rings (SSSR count). The maximum atomic E-state index is 15.4. The van der Waals surface area contributed by atoms with Crippen molar-refractivity contribution in [2.75, 3.05) is 57.9 Å². The fourth-order valence-electron chi connectivity index (χ4n) is 8.64. The van der Waals surface area contributed by atoms with Gasteiger partial charge in [-0.05, 0) is 87.1 Å². The third-order valence-electron chi connectivity index (χ3n) is 10.7. The molecule has 234 valence electrons. The molecule has 3 saturated heterocycles. The molecule has 3 aromatic carbocycles. The van der Waals surface area contributed by atoms with E-state index in [-0.39, 0.29) is 29.2 Å². The van der Waals surface area contributed by atoms with Gasteiger partial charge in [-0.2, -0.15) is 0 Å². The number of Topliss-reactive ketones (excluding diaryl/α,β-unsaturated/α-hetero) is 1. The Bertz CT molecular complexity index is 1630. The highest BCUT2D eigenvalue weighted by molar-refractivity contribution is 6.16. The molecule has 4 aliphatic heterocycles. The van der Waals surface area contributed by atoms with Crippen molar-refractivity contribution in [1.29, 1.82) is 0 Å². The number of likely N-dealkylation sites (N-methyl/N-ethyl adjacent to an activating group) is 2. The summed E-state index contributed by atoms with van der Waals surface area (Å²) in [4.78, 5) is 39.4. The van der Waals surface area contributed by atoms with Gasteiger partial charge in [0.15, 0.2) is 5.78 Å². The molecule has 4 heterocycles. The zero-order valence-electron chi connectivity index (χ0n) is 26.0. The average Bonchev–Trinajstić information content (AvgIpc) is 3.46. The Hall–Kier alpha value is -3.72. The predicted octanol–water partition coefficient (Wildman–Crippen LogP) is 5.65. The van der Waals surface area contributed by atoms with Crippen LogP contribution >= 0.6 is 0 Å². The molecule has 4 aliphatic rings. The Morgan fingerprint density at radius 3 is 2.22 bits per heavy atom. The minimum Gasteiger partial charge on any atom is -0.298 e. The first-order valence-electron chi connectivity index (χ1n) is 16.1. The van der Waals surface area contributed by atoms with Crippen molar-refractivity contribution in [3.05, 3.63) is 107 Å². The van der Waals surface area contributed by atoms with E-state index in [1.807, 2.05) is 42.3 Å². The highest BCUT2D eigenvalue weighted by atomic mass is 19.1. The Kier molecular flexibility index (Phi) is 7.71. The van der Waals surface area contributed by atoms with E-state index in [1.54, 1.807) is 24.3 Å². The lowest BCUT2D eigenvalue weighted by atomic mass is 9.56. The van der Waals surface area contributed by atoms with Crippen LogP contribution in [0, 0.1) is 17.0 Å². The highest BCUT2D eigenvalue weighted by Gasteiger charge is 2.75. The number of amides is 1. The number of anilines is 1. The number of hydrogen-bond donors (Lipinski definition) is 0. The van der Waals surface area contributed by atoms with Crippen LogP contribution in [0.25, 0.3) is 6.08 Å². The molecular weight excluding hydrogens is 570 g/mol. The van der Waals surface area contributed by atoms with Gasteiger partial charge in [0.2, 0.25) is 0 Å². The fourth-order valence-corrected chi connectivity index (χ4v) is 8.64. The van der Waals surface area contributed by atoms with Crippen LogP contribution in [0.2, 0.25) is 0 Å². The van der Waals surface area contributed by atoms with Gasteiger partial charge in [0, 0.05) is 36.7 Å². The van der Waals surface area contributed by atoms with E-state index < -0.39 is 11.0 Å². The number of carbonyl (C=O) groups excluding carboxylic acids is 2. The summed E-state index contributed by atoms with van der Waals surface area (Å²) in [6, 6.07) is 20.6. The van der Waals surface area contributed by atoms with Crippen molar-refractivity contribution in [3.63, 3.8) is 0 Å².